The monoisotopic (exact) mass is 281 g/mol. The summed E-state index contributed by atoms with van der Waals surface area (Å²) >= 11 is 3.47. The van der Waals surface area contributed by atoms with Crippen LogP contribution in [0.25, 0.3) is 11.1 Å². The third-order valence-corrected chi connectivity index (χ3v) is 3.09. The van der Waals surface area contributed by atoms with E-state index in [1.807, 2.05) is 12.1 Å². The number of benzene rings is 1. The van der Waals surface area contributed by atoms with Crippen LogP contribution in [0, 0.1) is 0 Å². The third kappa shape index (κ3) is 1.26. The lowest BCUT2D eigenvalue weighted by atomic mass is 10.1. The second kappa shape index (κ2) is 3.41. The first-order valence-corrected chi connectivity index (χ1v) is 5.44. The molecule has 0 fully saturated rings. The molecule has 0 aliphatic carbocycles. The zero-order chi connectivity index (χ0) is 11.1. The van der Waals surface area contributed by atoms with Gasteiger partial charge in [0.15, 0.2) is 11.5 Å². The van der Waals surface area contributed by atoms with Crippen LogP contribution < -0.4 is 15.2 Å². The van der Waals surface area contributed by atoms with Crippen LogP contribution in [-0.2, 0) is 0 Å². The van der Waals surface area contributed by atoms with E-state index in [-0.39, 0.29) is 6.79 Å². The molecule has 0 amide bonds. The van der Waals surface area contributed by atoms with Gasteiger partial charge in [0, 0.05) is 15.6 Å². The normalized spacial score (nSPS) is 13.1. The molecule has 1 aromatic carbocycles. The Morgan fingerprint density at radius 3 is 3.00 bits per heavy atom. The fraction of sp³-hybridized carbons (Fsp3) is 0.100. The Kier molecular flexibility index (Phi) is 2.03. The predicted molar refractivity (Wildman–Crippen MR) is 62.3 cm³/mol. The van der Waals surface area contributed by atoms with Gasteiger partial charge in [0.2, 0.25) is 6.79 Å². The largest absolute Gasteiger partial charge is 0.454 e. The Morgan fingerprint density at radius 2 is 2.25 bits per heavy atom. The summed E-state index contributed by atoms with van der Waals surface area (Å²) < 4.78 is 11.7. The molecule has 0 saturated carbocycles. The Bertz CT molecular complexity index is 553. The van der Waals surface area contributed by atoms with E-state index in [1.165, 1.54) is 0 Å². The molecule has 0 spiro atoms. The van der Waals surface area contributed by atoms with Crippen LogP contribution in [0.5, 0.6) is 11.5 Å². The van der Waals surface area contributed by atoms with Crippen molar-refractivity contribution in [2.75, 3.05) is 12.5 Å². The van der Waals surface area contributed by atoms with Gasteiger partial charge in [0.05, 0.1) is 6.20 Å². The van der Waals surface area contributed by atoms with Crippen molar-refractivity contribution in [3.8, 4) is 22.6 Å². The molecule has 0 unspecified atom stereocenters. The van der Waals surface area contributed by atoms with Crippen LogP contribution in [0.3, 0.4) is 0 Å². The van der Waals surface area contributed by atoms with E-state index in [1.54, 1.807) is 6.20 Å². The average molecular weight is 282 g/mol. The van der Waals surface area contributed by atoms with Gasteiger partial charge in [0.25, 0.3) is 0 Å². The first-order valence-electron chi connectivity index (χ1n) is 4.64. The van der Waals surface area contributed by atoms with Crippen molar-refractivity contribution < 1.29 is 9.47 Å². The minimum atomic E-state index is 0.233. The Morgan fingerprint density at radius 1 is 1.38 bits per heavy atom. The number of hydrogen-bond acceptors (Lipinski definition) is 4. The van der Waals surface area contributed by atoms with E-state index in [0.717, 1.165) is 21.3 Å². The van der Waals surface area contributed by atoms with Gasteiger partial charge in [0.1, 0.15) is 5.82 Å². The molecule has 1 aliphatic heterocycles. The minimum Gasteiger partial charge on any atom is -0.454 e. The number of aromatic nitrogens is 2. The van der Waals surface area contributed by atoms with Gasteiger partial charge in [-0.3, -0.25) is 5.10 Å². The van der Waals surface area contributed by atoms with Crippen molar-refractivity contribution in [2.24, 2.45) is 0 Å². The molecule has 2 heterocycles. The number of nitrogens with zero attached hydrogens (tertiary/aromatic N) is 1. The van der Waals surface area contributed by atoms with Crippen molar-refractivity contribution in [1.82, 2.24) is 10.2 Å². The van der Waals surface area contributed by atoms with Crippen LogP contribution in [0.1, 0.15) is 0 Å². The Balaban J connectivity index is 2.28. The molecule has 1 aliphatic rings. The van der Waals surface area contributed by atoms with E-state index < -0.39 is 0 Å². The Labute approximate surface area is 99.7 Å². The number of aromatic amines is 1. The number of hydrogen-bond donors (Lipinski definition) is 2. The third-order valence-electron chi connectivity index (χ3n) is 2.43. The quantitative estimate of drug-likeness (QED) is 0.840. The SMILES string of the molecule is Nc1[nH]ncc1-c1c(Br)ccc2c1OCO2. The molecule has 0 atom stereocenters. The first-order chi connectivity index (χ1) is 7.77. The number of nitrogens with two attached hydrogens (primary N) is 1. The fourth-order valence-electron chi connectivity index (χ4n) is 1.69. The van der Waals surface area contributed by atoms with E-state index >= 15 is 0 Å². The van der Waals surface area contributed by atoms with Gasteiger partial charge in [-0.25, -0.2) is 0 Å². The van der Waals surface area contributed by atoms with Gasteiger partial charge in [-0.1, -0.05) is 15.9 Å². The molecule has 2 aromatic rings. The number of H-pyrrole nitrogens is 1. The number of fused-ring (bicyclic) bond motifs is 1. The molecule has 0 saturated heterocycles. The smallest absolute Gasteiger partial charge is 0.231 e. The molecule has 3 rings (SSSR count). The standard InChI is InChI=1S/C10H8BrN3O2/c11-6-1-2-7-9(16-4-15-7)8(6)5-3-13-14-10(5)12/h1-3H,4H2,(H3,12,13,14). The van der Waals surface area contributed by atoms with E-state index in [0.29, 0.717) is 11.6 Å². The summed E-state index contributed by atoms with van der Waals surface area (Å²) in [4.78, 5) is 0. The van der Waals surface area contributed by atoms with Gasteiger partial charge in [-0.2, -0.15) is 5.10 Å². The van der Waals surface area contributed by atoms with Crippen molar-refractivity contribution in [1.29, 1.82) is 0 Å². The topological polar surface area (TPSA) is 73.2 Å². The van der Waals surface area contributed by atoms with E-state index in [9.17, 15) is 0 Å². The van der Waals surface area contributed by atoms with Gasteiger partial charge in [-0.05, 0) is 12.1 Å². The molecular weight excluding hydrogens is 274 g/mol. The van der Waals surface area contributed by atoms with Gasteiger partial charge in [-0.15, -0.1) is 0 Å². The molecule has 82 valence electrons. The van der Waals surface area contributed by atoms with Crippen molar-refractivity contribution in [2.45, 2.75) is 0 Å². The molecule has 3 N–H and O–H groups in total. The molecule has 5 nitrogen and oxygen atoms in total. The minimum absolute atomic E-state index is 0.233. The number of ether oxygens (including phenoxy) is 2. The number of nitrogen functional groups attached to an aromatic ring is 1. The second-order valence-electron chi connectivity index (χ2n) is 3.35. The molecular formula is C10H8BrN3O2. The van der Waals surface area contributed by atoms with Gasteiger partial charge >= 0.3 is 0 Å². The summed E-state index contributed by atoms with van der Waals surface area (Å²) in [5.41, 5.74) is 7.46. The van der Waals surface area contributed by atoms with E-state index in [4.69, 9.17) is 15.2 Å². The molecule has 0 bridgehead atoms. The van der Waals surface area contributed by atoms with Crippen LogP contribution in [-0.4, -0.2) is 17.0 Å². The maximum atomic E-state index is 5.80. The molecule has 0 radical (unpaired) electrons. The fourth-order valence-corrected chi connectivity index (χ4v) is 2.22. The summed E-state index contributed by atoms with van der Waals surface area (Å²) in [6, 6.07) is 3.75. The summed E-state index contributed by atoms with van der Waals surface area (Å²) in [5.74, 6) is 1.92. The van der Waals surface area contributed by atoms with Crippen molar-refractivity contribution >= 4 is 21.7 Å². The highest BCUT2D eigenvalue weighted by Crippen LogP contribution is 2.46. The number of anilines is 1. The molecule has 6 heteroatoms. The van der Waals surface area contributed by atoms with E-state index in [2.05, 4.69) is 26.1 Å². The molecule has 16 heavy (non-hydrogen) atoms. The van der Waals surface area contributed by atoms with Crippen LogP contribution >= 0.6 is 15.9 Å². The first kappa shape index (κ1) is 9.53. The highest BCUT2D eigenvalue weighted by molar-refractivity contribution is 9.10. The zero-order valence-corrected chi connectivity index (χ0v) is 9.74. The van der Waals surface area contributed by atoms with Gasteiger partial charge < -0.3 is 15.2 Å². The Hall–Kier alpha value is -1.69. The lowest BCUT2D eigenvalue weighted by Gasteiger charge is -2.07. The number of rotatable bonds is 1. The highest BCUT2D eigenvalue weighted by Gasteiger charge is 2.23. The second-order valence-corrected chi connectivity index (χ2v) is 4.21. The zero-order valence-electron chi connectivity index (χ0n) is 8.16. The number of halogens is 1. The lowest BCUT2D eigenvalue weighted by molar-refractivity contribution is 0.174. The van der Waals surface area contributed by atoms with Crippen LogP contribution in [0.15, 0.2) is 22.8 Å². The van der Waals surface area contributed by atoms with Crippen molar-refractivity contribution in [3.63, 3.8) is 0 Å². The summed E-state index contributed by atoms with van der Waals surface area (Å²) in [6.07, 6.45) is 1.66. The maximum absolute atomic E-state index is 5.80. The highest BCUT2D eigenvalue weighted by atomic mass is 79.9. The summed E-state index contributed by atoms with van der Waals surface area (Å²) in [5, 5.41) is 6.59. The predicted octanol–water partition coefficient (Wildman–Crippen LogP) is 2.15. The maximum Gasteiger partial charge on any atom is 0.231 e. The summed E-state index contributed by atoms with van der Waals surface area (Å²) in [7, 11) is 0. The number of nitrogens with one attached hydrogen (secondary N) is 1. The average Bonchev–Trinajstić information content (AvgIpc) is 2.87. The molecule has 1 aromatic heterocycles. The lowest BCUT2D eigenvalue weighted by Crippen LogP contribution is -1.94. The van der Waals surface area contributed by atoms with Crippen LogP contribution in [0.4, 0.5) is 5.82 Å². The van der Waals surface area contributed by atoms with Crippen molar-refractivity contribution in [3.05, 3.63) is 22.8 Å². The van der Waals surface area contributed by atoms with Crippen LogP contribution in [0.2, 0.25) is 0 Å². The summed E-state index contributed by atoms with van der Waals surface area (Å²) in [6.45, 7) is 0.233.